The smallest absolute Gasteiger partial charge is 0.203 e. The van der Waals surface area contributed by atoms with Crippen LogP contribution in [0, 0.1) is 0 Å². The molecule has 1 aliphatic heterocycles. The van der Waals surface area contributed by atoms with Crippen molar-refractivity contribution in [2.24, 2.45) is 0 Å². The van der Waals surface area contributed by atoms with Gasteiger partial charge in [0.2, 0.25) is 5.13 Å². The number of thiazole rings is 1. The van der Waals surface area contributed by atoms with Crippen molar-refractivity contribution < 1.29 is 0 Å². The molecule has 2 aromatic rings. The van der Waals surface area contributed by atoms with Crippen LogP contribution in [0.15, 0.2) is 0 Å². The van der Waals surface area contributed by atoms with Crippen LogP contribution in [-0.4, -0.2) is 27.8 Å². The van der Waals surface area contributed by atoms with Crippen molar-refractivity contribution >= 4 is 32.9 Å². The fourth-order valence-corrected chi connectivity index (χ4v) is 4.56. The SMILES string of the molecule is CCc1nc(N2CCCCC2C)sc1-c1nnc(N)s1. The molecular formula is C13H19N5S2. The lowest BCUT2D eigenvalue weighted by molar-refractivity contribution is 0.484. The lowest BCUT2D eigenvalue weighted by Gasteiger charge is -2.33. The molecule has 2 N–H and O–H groups in total. The Morgan fingerprint density at radius 3 is 2.80 bits per heavy atom. The summed E-state index contributed by atoms with van der Waals surface area (Å²) in [5.41, 5.74) is 6.81. The van der Waals surface area contributed by atoms with Crippen LogP contribution in [0.5, 0.6) is 0 Å². The molecule has 5 nitrogen and oxygen atoms in total. The van der Waals surface area contributed by atoms with Crippen LogP contribution >= 0.6 is 22.7 Å². The summed E-state index contributed by atoms with van der Waals surface area (Å²) < 4.78 is 0. The van der Waals surface area contributed by atoms with Gasteiger partial charge in [0, 0.05) is 12.6 Å². The second kappa shape index (κ2) is 5.65. The second-order valence-corrected chi connectivity index (χ2v) is 7.10. The Morgan fingerprint density at radius 1 is 1.30 bits per heavy atom. The van der Waals surface area contributed by atoms with Crippen LogP contribution in [0.4, 0.5) is 10.3 Å². The lowest BCUT2D eigenvalue weighted by Crippen LogP contribution is -2.37. The molecule has 0 aromatic carbocycles. The van der Waals surface area contributed by atoms with E-state index >= 15 is 0 Å². The number of nitrogens with two attached hydrogens (primary N) is 1. The average Bonchev–Trinajstić information content (AvgIpc) is 3.05. The molecule has 0 radical (unpaired) electrons. The Balaban J connectivity index is 1.96. The van der Waals surface area contributed by atoms with Gasteiger partial charge < -0.3 is 10.6 Å². The molecule has 0 aliphatic carbocycles. The highest BCUT2D eigenvalue weighted by atomic mass is 32.1. The van der Waals surface area contributed by atoms with Gasteiger partial charge in [0.05, 0.1) is 10.6 Å². The number of aryl methyl sites for hydroxylation is 1. The van der Waals surface area contributed by atoms with Gasteiger partial charge in [0.1, 0.15) is 0 Å². The molecule has 1 unspecified atom stereocenters. The molecule has 7 heteroatoms. The second-order valence-electron chi connectivity index (χ2n) is 5.11. The normalized spacial score (nSPS) is 19.5. The predicted octanol–water partition coefficient (Wildman–Crippen LogP) is 3.19. The molecule has 0 amide bonds. The van der Waals surface area contributed by atoms with Crippen LogP contribution in [0.25, 0.3) is 9.88 Å². The minimum atomic E-state index is 0.517. The van der Waals surface area contributed by atoms with Gasteiger partial charge in [-0.3, -0.25) is 0 Å². The standard InChI is InChI=1S/C13H19N5S2/c1-3-9-10(11-16-17-12(14)20-11)19-13(15-9)18-7-5-4-6-8(18)2/h8H,3-7H2,1-2H3,(H2,14,17). The Labute approximate surface area is 126 Å². The first-order chi connectivity index (χ1) is 9.69. The summed E-state index contributed by atoms with van der Waals surface area (Å²) in [6.45, 7) is 5.52. The molecule has 3 rings (SSSR count). The summed E-state index contributed by atoms with van der Waals surface area (Å²) in [5.74, 6) is 0. The minimum Gasteiger partial charge on any atom is -0.374 e. The summed E-state index contributed by atoms with van der Waals surface area (Å²) >= 11 is 3.17. The maximum Gasteiger partial charge on any atom is 0.203 e. The van der Waals surface area contributed by atoms with Gasteiger partial charge in [-0.1, -0.05) is 29.6 Å². The van der Waals surface area contributed by atoms with E-state index in [1.54, 1.807) is 11.3 Å². The van der Waals surface area contributed by atoms with E-state index < -0.39 is 0 Å². The zero-order chi connectivity index (χ0) is 14.1. The predicted molar refractivity (Wildman–Crippen MR) is 85.5 cm³/mol. The highest BCUT2D eigenvalue weighted by Gasteiger charge is 2.24. The Morgan fingerprint density at radius 2 is 2.15 bits per heavy atom. The number of aromatic nitrogens is 3. The van der Waals surface area contributed by atoms with Gasteiger partial charge in [0.25, 0.3) is 0 Å². The van der Waals surface area contributed by atoms with Crippen molar-refractivity contribution in [3.63, 3.8) is 0 Å². The monoisotopic (exact) mass is 309 g/mol. The van der Waals surface area contributed by atoms with Gasteiger partial charge >= 0.3 is 0 Å². The molecule has 1 fully saturated rings. The van der Waals surface area contributed by atoms with E-state index in [0.717, 1.165) is 33.7 Å². The van der Waals surface area contributed by atoms with Crippen molar-refractivity contribution in [1.82, 2.24) is 15.2 Å². The molecule has 20 heavy (non-hydrogen) atoms. The van der Waals surface area contributed by atoms with Gasteiger partial charge in [-0.25, -0.2) is 4.98 Å². The van der Waals surface area contributed by atoms with Gasteiger partial charge in [0.15, 0.2) is 10.1 Å². The summed E-state index contributed by atoms with van der Waals surface area (Å²) in [7, 11) is 0. The van der Waals surface area contributed by atoms with Crippen LogP contribution in [0.2, 0.25) is 0 Å². The van der Waals surface area contributed by atoms with Crippen LogP contribution in [-0.2, 0) is 6.42 Å². The fourth-order valence-electron chi connectivity index (χ4n) is 2.58. The molecule has 108 valence electrons. The van der Waals surface area contributed by atoms with Gasteiger partial charge in [-0.2, -0.15) is 0 Å². The van der Waals surface area contributed by atoms with Crippen LogP contribution < -0.4 is 10.6 Å². The Kier molecular flexibility index (Phi) is 3.89. The molecular weight excluding hydrogens is 290 g/mol. The molecule has 0 bridgehead atoms. The average molecular weight is 309 g/mol. The number of nitrogen functional groups attached to an aromatic ring is 1. The molecule has 2 aromatic heterocycles. The van der Waals surface area contributed by atoms with E-state index in [2.05, 4.69) is 28.9 Å². The van der Waals surface area contributed by atoms with Gasteiger partial charge in [-0.15, -0.1) is 10.2 Å². The quantitative estimate of drug-likeness (QED) is 0.943. The van der Waals surface area contributed by atoms with E-state index in [-0.39, 0.29) is 0 Å². The van der Waals surface area contributed by atoms with Crippen molar-refractivity contribution in [2.75, 3.05) is 17.2 Å². The third-order valence-electron chi connectivity index (χ3n) is 3.70. The first-order valence-corrected chi connectivity index (χ1v) is 8.68. The molecule has 0 saturated carbocycles. The topological polar surface area (TPSA) is 67.9 Å². The molecule has 1 saturated heterocycles. The van der Waals surface area contributed by atoms with Crippen molar-refractivity contribution in [2.45, 2.75) is 45.6 Å². The van der Waals surface area contributed by atoms with Gasteiger partial charge in [-0.05, 0) is 32.6 Å². The first kappa shape index (κ1) is 13.8. The number of anilines is 2. The maximum absolute atomic E-state index is 5.70. The van der Waals surface area contributed by atoms with Crippen molar-refractivity contribution in [1.29, 1.82) is 0 Å². The highest BCUT2D eigenvalue weighted by Crippen LogP contribution is 2.38. The summed E-state index contributed by atoms with van der Waals surface area (Å²) in [6.07, 6.45) is 4.74. The van der Waals surface area contributed by atoms with Crippen molar-refractivity contribution in [3.8, 4) is 9.88 Å². The summed E-state index contributed by atoms with van der Waals surface area (Å²) in [5, 5.41) is 10.6. The largest absolute Gasteiger partial charge is 0.374 e. The highest BCUT2D eigenvalue weighted by molar-refractivity contribution is 7.25. The van der Waals surface area contributed by atoms with E-state index in [0.29, 0.717) is 11.2 Å². The van der Waals surface area contributed by atoms with E-state index in [1.807, 2.05) is 0 Å². The first-order valence-electron chi connectivity index (χ1n) is 7.04. The number of hydrogen-bond donors (Lipinski definition) is 1. The van der Waals surface area contributed by atoms with E-state index in [4.69, 9.17) is 10.7 Å². The minimum absolute atomic E-state index is 0.517. The Hall–Kier alpha value is -1.21. The lowest BCUT2D eigenvalue weighted by atomic mass is 10.1. The zero-order valence-corrected chi connectivity index (χ0v) is 13.4. The maximum atomic E-state index is 5.70. The third kappa shape index (κ3) is 2.52. The molecule has 3 heterocycles. The molecule has 0 spiro atoms. The number of nitrogens with zero attached hydrogens (tertiary/aromatic N) is 4. The number of piperidine rings is 1. The Bertz CT molecular complexity index is 591. The fraction of sp³-hybridized carbons (Fsp3) is 0.615. The van der Waals surface area contributed by atoms with Crippen LogP contribution in [0.1, 0.15) is 38.8 Å². The molecule has 1 atom stereocenters. The molecule has 1 aliphatic rings. The number of rotatable bonds is 3. The number of hydrogen-bond acceptors (Lipinski definition) is 7. The van der Waals surface area contributed by atoms with E-state index in [1.165, 1.54) is 30.6 Å². The summed E-state index contributed by atoms with van der Waals surface area (Å²) in [4.78, 5) is 8.40. The summed E-state index contributed by atoms with van der Waals surface area (Å²) in [6, 6.07) is 0.576. The van der Waals surface area contributed by atoms with Crippen LogP contribution in [0.3, 0.4) is 0 Å². The van der Waals surface area contributed by atoms with Crippen molar-refractivity contribution in [3.05, 3.63) is 5.69 Å². The zero-order valence-electron chi connectivity index (χ0n) is 11.8. The van der Waals surface area contributed by atoms with E-state index in [9.17, 15) is 0 Å². The third-order valence-corrected chi connectivity index (χ3v) is 5.75.